The predicted octanol–water partition coefficient (Wildman–Crippen LogP) is 2.22. The third-order valence-electron chi connectivity index (χ3n) is 6.74. The predicted molar refractivity (Wildman–Crippen MR) is 129 cm³/mol. The molecule has 2 N–H and O–H groups in total. The highest BCUT2D eigenvalue weighted by Crippen LogP contribution is 2.35. The standard InChI is InChI=1S/C24H26FN5O6S/c1-13-8-16(4-5-17(13)25)27-23(31)21-22-19(10-29(21)3)37(33,34)28-18-6-7-30(9-15(18)11-35-22)24(32)20-14(2)36-12-26-20/h4-5,8,10,12,15,18,28H,6-7,9,11H2,1-3H3,(H,27,31)/t15-,18-/m1/s1. The molecule has 1 aromatic carbocycles. The minimum absolute atomic E-state index is 0.00256. The molecule has 2 amide bonds. The Balaban J connectivity index is 1.41. The SMILES string of the molecule is Cc1cc(NC(=O)c2c3c(cn2C)S(=O)(=O)N[C@@H]2CCN(C(=O)c4ncoc4C)C[C@@H]2CO3)ccc1F. The van der Waals surface area contributed by atoms with Crippen LogP contribution in [0.1, 0.15) is 38.7 Å². The second-order valence-corrected chi connectivity index (χ2v) is 11.0. The van der Waals surface area contributed by atoms with Gasteiger partial charge in [-0.25, -0.2) is 22.5 Å². The molecule has 5 rings (SSSR count). The molecule has 11 nitrogen and oxygen atoms in total. The highest BCUT2D eigenvalue weighted by atomic mass is 32.2. The number of nitrogens with zero attached hydrogens (tertiary/aromatic N) is 3. The maximum atomic E-state index is 13.6. The van der Waals surface area contributed by atoms with E-state index >= 15 is 0 Å². The zero-order chi connectivity index (χ0) is 26.5. The molecule has 0 unspecified atom stereocenters. The molecule has 0 spiro atoms. The molecule has 37 heavy (non-hydrogen) atoms. The Bertz CT molecular complexity index is 1500. The van der Waals surface area contributed by atoms with Gasteiger partial charge in [0.1, 0.15) is 16.5 Å². The molecular formula is C24H26FN5O6S. The number of rotatable bonds is 3. The summed E-state index contributed by atoms with van der Waals surface area (Å²) >= 11 is 0. The molecule has 0 saturated carbocycles. The van der Waals surface area contributed by atoms with Crippen LogP contribution < -0.4 is 14.8 Å². The van der Waals surface area contributed by atoms with E-state index in [2.05, 4.69) is 15.0 Å². The van der Waals surface area contributed by atoms with E-state index in [-0.39, 0.29) is 47.0 Å². The number of oxazole rings is 1. The number of halogens is 1. The normalized spacial score (nSPS) is 20.7. The van der Waals surface area contributed by atoms with Crippen LogP contribution in [0.15, 0.2) is 40.1 Å². The number of hydrogen-bond donors (Lipinski definition) is 2. The highest BCUT2D eigenvalue weighted by Gasteiger charge is 2.40. The first kappa shape index (κ1) is 25.0. The Kier molecular flexibility index (Phi) is 6.28. The van der Waals surface area contributed by atoms with Gasteiger partial charge >= 0.3 is 0 Å². The van der Waals surface area contributed by atoms with E-state index in [1.807, 2.05) is 0 Å². The third-order valence-corrected chi connectivity index (χ3v) is 8.22. The smallest absolute Gasteiger partial charge is 0.276 e. The molecule has 2 aliphatic heterocycles. The summed E-state index contributed by atoms with van der Waals surface area (Å²) in [5.41, 5.74) is 0.926. The Morgan fingerprint density at radius 3 is 2.76 bits per heavy atom. The number of ether oxygens (including phenoxy) is 1. The Morgan fingerprint density at radius 1 is 1.27 bits per heavy atom. The van der Waals surface area contributed by atoms with Crippen molar-refractivity contribution in [2.75, 3.05) is 25.0 Å². The van der Waals surface area contributed by atoms with Crippen molar-refractivity contribution < 1.29 is 31.6 Å². The van der Waals surface area contributed by atoms with Crippen molar-refractivity contribution in [2.45, 2.75) is 31.2 Å². The quantitative estimate of drug-likeness (QED) is 0.529. The molecule has 1 saturated heterocycles. The van der Waals surface area contributed by atoms with Crippen molar-refractivity contribution in [1.82, 2.24) is 19.2 Å². The van der Waals surface area contributed by atoms with Crippen LogP contribution in [0.25, 0.3) is 0 Å². The summed E-state index contributed by atoms with van der Waals surface area (Å²) in [5.74, 6) is -1.36. The van der Waals surface area contributed by atoms with Crippen LogP contribution in [0.5, 0.6) is 5.75 Å². The van der Waals surface area contributed by atoms with Crippen molar-refractivity contribution in [1.29, 1.82) is 0 Å². The van der Waals surface area contributed by atoms with Crippen LogP contribution in [0.4, 0.5) is 10.1 Å². The molecule has 0 bridgehead atoms. The lowest BCUT2D eigenvalue weighted by Crippen LogP contribution is -2.54. The molecule has 2 aromatic heterocycles. The number of fused-ring (bicyclic) bond motifs is 2. The zero-order valence-corrected chi connectivity index (χ0v) is 21.3. The molecular weight excluding hydrogens is 505 g/mol. The van der Waals surface area contributed by atoms with Gasteiger partial charge in [-0.15, -0.1) is 0 Å². The number of carbonyl (C=O) groups excluding carboxylic acids is 2. The second kappa shape index (κ2) is 9.30. The number of aromatic nitrogens is 2. The van der Waals surface area contributed by atoms with Gasteiger partial charge in [0.2, 0.25) is 10.0 Å². The van der Waals surface area contributed by atoms with E-state index in [9.17, 15) is 22.4 Å². The van der Waals surface area contributed by atoms with Crippen molar-refractivity contribution in [2.24, 2.45) is 13.0 Å². The number of anilines is 1. The molecule has 4 heterocycles. The van der Waals surface area contributed by atoms with Gasteiger partial charge in [-0.1, -0.05) is 0 Å². The fraction of sp³-hybridized carbons (Fsp3) is 0.375. The summed E-state index contributed by atoms with van der Waals surface area (Å²) < 4.78 is 55.5. The van der Waals surface area contributed by atoms with Crippen LogP contribution in [0.3, 0.4) is 0 Å². The Labute approximate surface area is 212 Å². The van der Waals surface area contributed by atoms with Gasteiger partial charge in [-0.05, 0) is 44.0 Å². The summed E-state index contributed by atoms with van der Waals surface area (Å²) in [7, 11) is -2.49. The minimum Gasteiger partial charge on any atom is -0.489 e. The summed E-state index contributed by atoms with van der Waals surface area (Å²) in [6, 6.07) is 3.68. The van der Waals surface area contributed by atoms with E-state index in [0.717, 1.165) is 0 Å². The lowest BCUT2D eigenvalue weighted by Gasteiger charge is -2.39. The van der Waals surface area contributed by atoms with Crippen LogP contribution >= 0.6 is 0 Å². The number of hydrogen-bond acceptors (Lipinski definition) is 7. The van der Waals surface area contributed by atoms with E-state index in [1.165, 1.54) is 35.4 Å². The molecule has 13 heteroatoms. The third kappa shape index (κ3) is 4.60. The average Bonchev–Trinajstić information content (AvgIpc) is 3.42. The molecule has 3 aromatic rings. The maximum Gasteiger partial charge on any atom is 0.276 e. The Hall–Kier alpha value is -3.71. The molecule has 1 fully saturated rings. The number of benzene rings is 1. The minimum atomic E-state index is -4.04. The van der Waals surface area contributed by atoms with Crippen LogP contribution in [-0.2, 0) is 17.1 Å². The van der Waals surface area contributed by atoms with Gasteiger partial charge in [0, 0.05) is 44.0 Å². The number of piperidine rings is 1. The first-order valence-corrected chi connectivity index (χ1v) is 13.1. The lowest BCUT2D eigenvalue weighted by atomic mass is 9.93. The van der Waals surface area contributed by atoms with Crippen LogP contribution in [-0.4, -0.2) is 60.4 Å². The zero-order valence-electron chi connectivity index (χ0n) is 20.4. The Morgan fingerprint density at radius 2 is 2.05 bits per heavy atom. The van der Waals surface area contributed by atoms with Crippen LogP contribution in [0, 0.1) is 25.6 Å². The summed E-state index contributed by atoms with van der Waals surface area (Å²) in [5, 5.41) is 2.68. The van der Waals surface area contributed by atoms with Crippen molar-refractivity contribution in [3.05, 3.63) is 59.3 Å². The van der Waals surface area contributed by atoms with E-state index in [4.69, 9.17) is 9.15 Å². The van der Waals surface area contributed by atoms with Gasteiger partial charge < -0.3 is 23.9 Å². The van der Waals surface area contributed by atoms with E-state index < -0.39 is 27.8 Å². The topological polar surface area (TPSA) is 136 Å². The number of amides is 2. The van der Waals surface area contributed by atoms with Gasteiger partial charge in [0.05, 0.1) is 6.61 Å². The lowest BCUT2D eigenvalue weighted by molar-refractivity contribution is 0.0575. The maximum absolute atomic E-state index is 13.6. The number of aryl methyl sites for hydroxylation is 3. The molecule has 2 atom stereocenters. The van der Waals surface area contributed by atoms with E-state index in [0.29, 0.717) is 30.0 Å². The second-order valence-electron chi connectivity index (χ2n) is 9.30. The van der Waals surface area contributed by atoms with Crippen molar-refractivity contribution >= 4 is 27.5 Å². The van der Waals surface area contributed by atoms with E-state index in [1.54, 1.807) is 25.8 Å². The summed E-state index contributed by atoms with van der Waals surface area (Å²) in [4.78, 5) is 31.6. The van der Waals surface area contributed by atoms with Gasteiger partial charge in [0.25, 0.3) is 11.8 Å². The number of carbonyl (C=O) groups is 2. The van der Waals surface area contributed by atoms with Gasteiger partial charge in [-0.2, -0.15) is 0 Å². The van der Waals surface area contributed by atoms with Crippen molar-refractivity contribution in [3.8, 4) is 5.75 Å². The first-order chi connectivity index (χ1) is 17.5. The van der Waals surface area contributed by atoms with Gasteiger partial charge in [-0.3, -0.25) is 9.59 Å². The average molecular weight is 532 g/mol. The molecule has 0 aliphatic carbocycles. The summed E-state index contributed by atoms with van der Waals surface area (Å²) in [6.07, 6.45) is 2.92. The van der Waals surface area contributed by atoms with Crippen LogP contribution in [0.2, 0.25) is 0 Å². The number of nitrogens with one attached hydrogen (secondary N) is 2. The number of sulfonamides is 1. The first-order valence-electron chi connectivity index (χ1n) is 11.7. The largest absolute Gasteiger partial charge is 0.489 e. The number of likely N-dealkylation sites (tertiary alicyclic amines) is 1. The fourth-order valence-corrected chi connectivity index (χ4v) is 6.27. The monoisotopic (exact) mass is 531 g/mol. The molecule has 196 valence electrons. The van der Waals surface area contributed by atoms with Gasteiger partial charge in [0.15, 0.2) is 23.5 Å². The molecule has 0 radical (unpaired) electrons. The summed E-state index contributed by atoms with van der Waals surface area (Å²) in [6.45, 7) is 3.86. The van der Waals surface area contributed by atoms with Crippen molar-refractivity contribution in [3.63, 3.8) is 0 Å². The molecule has 2 aliphatic rings. The fourth-order valence-electron chi connectivity index (χ4n) is 4.74. The highest BCUT2D eigenvalue weighted by molar-refractivity contribution is 7.89.